The van der Waals surface area contributed by atoms with Crippen molar-refractivity contribution < 1.29 is 22.7 Å². The molecule has 1 rings (SSSR count). The van der Waals surface area contributed by atoms with Gasteiger partial charge in [-0.1, -0.05) is 0 Å². The van der Waals surface area contributed by atoms with Crippen LogP contribution in [0.2, 0.25) is 0 Å². The molecule has 1 aromatic heterocycles. The number of rotatable bonds is 5. The number of aliphatic hydroxyl groups is 1. The highest BCUT2D eigenvalue weighted by Gasteiger charge is 2.37. The first kappa shape index (κ1) is 17.7. The molecule has 1 aromatic rings. The number of furan rings is 1. The monoisotopic (exact) mass is 318 g/mol. The third-order valence-corrected chi connectivity index (χ3v) is 5.18. The third-order valence-electron chi connectivity index (χ3n) is 3.50. The van der Waals surface area contributed by atoms with Crippen molar-refractivity contribution >= 4 is 15.9 Å². The fourth-order valence-electron chi connectivity index (χ4n) is 1.26. The van der Waals surface area contributed by atoms with Crippen LogP contribution in [0.4, 0.5) is 0 Å². The summed E-state index contributed by atoms with van der Waals surface area (Å²) in [4.78, 5) is 12.1. The predicted octanol–water partition coefficient (Wildman–Crippen LogP) is 0.809. The molecule has 0 spiro atoms. The van der Waals surface area contributed by atoms with E-state index in [2.05, 4.69) is 5.32 Å². The molecule has 0 bridgehead atoms. The number of hydrogen-bond donors (Lipinski definition) is 2. The first-order valence-electron chi connectivity index (χ1n) is 6.36. The molecule has 0 saturated heterocycles. The van der Waals surface area contributed by atoms with Crippen molar-refractivity contribution in [3.8, 4) is 0 Å². The number of hydrogen-bond acceptors (Lipinski definition) is 5. The van der Waals surface area contributed by atoms with Gasteiger partial charge in [0.05, 0.1) is 11.1 Å². The molecule has 8 heteroatoms. The van der Waals surface area contributed by atoms with Gasteiger partial charge in [-0.05, 0) is 39.8 Å². The number of sulfonamides is 1. The number of nitrogens with zero attached hydrogens (tertiary/aromatic N) is 1. The van der Waals surface area contributed by atoms with Gasteiger partial charge in [0.25, 0.3) is 15.9 Å². The summed E-state index contributed by atoms with van der Waals surface area (Å²) in [5, 5.41) is 12.3. The molecule has 0 radical (unpaired) electrons. The molecule has 1 amide bonds. The quantitative estimate of drug-likeness (QED) is 0.837. The minimum atomic E-state index is -3.72. The highest BCUT2D eigenvalue weighted by molar-refractivity contribution is 7.88. The lowest BCUT2D eigenvalue weighted by Crippen LogP contribution is -2.57. The lowest BCUT2D eigenvalue weighted by molar-refractivity contribution is -0.00348. The zero-order valence-electron chi connectivity index (χ0n) is 13.1. The van der Waals surface area contributed by atoms with Gasteiger partial charge < -0.3 is 14.8 Å². The van der Waals surface area contributed by atoms with Crippen LogP contribution < -0.4 is 5.32 Å². The SMILES string of the molecule is CN(C)S(=O)(=O)c1ccc(C(=O)NC(C)(C)C(C)(C)O)o1. The largest absolute Gasteiger partial charge is 0.438 e. The minimum absolute atomic E-state index is 0.132. The summed E-state index contributed by atoms with van der Waals surface area (Å²) >= 11 is 0. The first-order chi connectivity index (χ1) is 9.29. The fourth-order valence-corrected chi connectivity index (χ4v) is 2.05. The smallest absolute Gasteiger partial charge is 0.287 e. The van der Waals surface area contributed by atoms with Gasteiger partial charge in [0.1, 0.15) is 0 Å². The second kappa shape index (κ2) is 5.43. The molecule has 1 heterocycles. The zero-order valence-corrected chi connectivity index (χ0v) is 13.9. The number of carbonyl (C=O) groups excluding carboxylic acids is 1. The first-order valence-corrected chi connectivity index (χ1v) is 7.80. The Morgan fingerprint density at radius 1 is 1.24 bits per heavy atom. The second-order valence-electron chi connectivity index (χ2n) is 6.04. The Labute approximate surface area is 125 Å². The van der Waals surface area contributed by atoms with Crippen LogP contribution in [0.5, 0.6) is 0 Å². The van der Waals surface area contributed by atoms with Crippen molar-refractivity contribution in [2.45, 2.75) is 43.9 Å². The van der Waals surface area contributed by atoms with Gasteiger partial charge in [0.15, 0.2) is 5.76 Å². The van der Waals surface area contributed by atoms with Crippen LogP contribution in [0.3, 0.4) is 0 Å². The molecule has 7 nitrogen and oxygen atoms in total. The maximum absolute atomic E-state index is 12.1. The van der Waals surface area contributed by atoms with E-state index in [0.29, 0.717) is 0 Å². The molecule has 2 N–H and O–H groups in total. The average molecular weight is 318 g/mol. The lowest BCUT2D eigenvalue weighted by Gasteiger charge is -2.37. The third kappa shape index (κ3) is 3.63. The molecule has 0 fully saturated rings. The summed E-state index contributed by atoms with van der Waals surface area (Å²) in [7, 11) is -0.984. The summed E-state index contributed by atoms with van der Waals surface area (Å²) < 4.78 is 29.8. The van der Waals surface area contributed by atoms with E-state index in [0.717, 1.165) is 4.31 Å². The van der Waals surface area contributed by atoms with Crippen molar-refractivity contribution in [3.63, 3.8) is 0 Å². The summed E-state index contributed by atoms with van der Waals surface area (Å²) in [6.45, 7) is 6.45. The Morgan fingerprint density at radius 2 is 1.76 bits per heavy atom. The summed E-state index contributed by atoms with van der Waals surface area (Å²) in [6.07, 6.45) is 0. The van der Waals surface area contributed by atoms with E-state index in [1.807, 2.05) is 0 Å². The van der Waals surface area contributed by atoms with Crippen molar-refractivity contribution in [1.82, 2.24) is 9.62 Å². The number of nitrogens with one attached hydrogen (secondary N) is 1. The van der Waals surface area contributed by atoms with Gasteiger partial charge in [0, 0.05) is 14.1 Å². The Kier molecular flexibility index (Phi) is 4.57. The van der Waals surface area contributed by atoms with Crippen LogP contribution in [0.1, 0.15) is 38.2 Å². The van der Waals surface area contributed by atoms with Crippen molar-refractivity contribution in [2.24, 2.45) is 0 Å². The maximum Gasteiger partial charge on any atom is 0.287 e. The Bertz CT molecular complexity index is 623. The molecule has 0 aliphatic heterocycles. The predicted molar refractivity (Wildman–Crippen MR) is 77.4 cm³/mol. The van der Waals surface area contributed by atoms with Gasteiger partial charge in [0.2, 0.25) is 5.09 Å². The Balaban J connectivity index is 3.00. The summed E-state index contributed by atoms with van der Waals surface area (Å²) in [5.41, 5.74) is -2.08. The number of amides is 1. The molecule has 0 saturated carbocycles. The highest BCUT2D eigenvalue weighted by Crippen LogP contribution is 2.22. The van der Waals surface area contributed by atoms with E-state index in [9.17, 15) is 18.3 Å². The van der Waals surface area contributed by atoms with E-state index < -0.39 is 27.1 Å². The van der Waals surface area contributed by atoms with Gasteiger partial charge in [-0.15, -0.1) is 0 Å². The van der Waals surface area contributed by atoms with E-state index in [-0.39, 0.29) is 10.9 Å². The Hall–Kier alpha value is -1.38. The number of carbonyl (C=O) groups is 1. The molecule has 0 aromatic carbocycles. The van der Waals surface area contributed by atoms with Crippen LogP contribution in [0, 0.1) is 0 Å². The zero-order chi connectivity index (χ0) is 16.6. The van der Waals surface area contributed by atoms with Gasteiger partial charge in [-0.3, -0.25) is 4.79 Å². The normalized spacial score (nSPS) is 13.5. The molecule has 120 valence electrons. The second-order valence-corrected chi connectivity index (χ2v) is 8.13. The average Bonchev–Trinajstić information content (AvgIpc) is 2.76. The fraction of sp³-hybridized carbons (Fsp3) is 0.615. The van der Waals surface area contributed by atoms with Gasteiger partial charge in [-0.25, -0.2) is 12.7 Å². The van der Waals surface area contributed by atoms with Crippen molar-refractivity contribution in [2.75, 3.05) is 14.1 Å². The van der Waals surface area contributed by atoms with Crippen LogP contribution in [0.15, 0.2) is 21.6 Å². The molecule has 0 atom stereocenters. The minimum Gasteiger partial charge on any atom is -0.438 e. The van der Waals surface area contributed by atoms with E-state index in [4.69, 9.17) is 4.42 Å². The van der Waals surface area contributed by atoms with Gasteiger partial charge in [-0.2, -0.15) is 0 Å². The summed E-state index contributed by atoms with van der Waals surface area (Å²) in [5.74, 6) is -0.727. The van der Waals surface area contributed by atoms with Gasteiger partial charge >= 0.3 is 0 Å². The molecule has 0 aliphatic rings. The van der Waals surface area contributed by atoms with Crippen LogP contribution >= 0.6 is 0 Å². The maximum atomic E-state index is 12.1. The highest BCUT2D eigenvalue weighted by atomic mass is 32.2. The standard InChI is InChI=1S/C13H22N2O5S/c1-12(2,13(3,4)17)14-11(16)9-7-8-10(20-9)21(18,19)15(5)6/h7-8,17H,1-6H3,(H,14,16). The van der Waals surface area contributed by atoms with Crippen LogP contribution in [0.25, 0.3) is 0 Å². The molecule has 0 unspecified atom stereocenters. The van der Waals surface area contributed by atoms with Crippen molar-refractivity contribution in [3.05, 3.63) is 17.9 Å². The Morgan fingerprint density at radius 3 is 2.19 bits per heavy atom. The van der Waals surface area contributed by atoms with Crippen molar-refractivity contribution in [1.29, 1.82) is 0 Å². The van der Waals surface area contributed by atoms with Crippen LogP contribution in [-0.4, -0.2) is 49.0 Å². The molecule has 21 heavy (non-hydrogen) atoms. The van der Waals surface area contributed by atoms with E-state index >= 15 is 0 Å². The lowest BCUT2D eigenvalue weighted by atomic mass is 9.86. The van der Waals surface area contributed by atoms with Crippen LogP contribution in [-0.2, 0) is 10.0 Å². The van der Waals surface area contributed by atoms with E-state index in [1.54, 1.807) is 27.7 Å². The molecule has 0 aliphatic carbocycles. The summed E-state index contributed by atoms with van der Waals surface area (Å²) in [6, 6.07) is 2.51. The topological polar surface area (TPSA) is 99.9 Å². The van der Waals surface area contributed by atoms with E-state index in [1.165, 1.54) is 26.2 Å². The molecular formula is C13H22N2O5S. The molecular weight excluding hydrogens is 296 g/mol.